The summed E-state index contributed by atoms with van der Waals surface area (Å²) in [6.07, 6.45) is 15.0. The van der Waals surface area contributed by atoms with Gasteiger partial charge in [0.25, 0.3) is 0 Å². The van der Waals surface area contributed by atoms with Crippen LogP contribution in [0.4, 0.5) is 0 Å². The van der Waals surface area contributed by atoms with Gasteiger partial charge in [0.15, 0.2) is 0 Å². The number of benzene rings is 1. The molecule has 1 N–H and O–H groups in total. The Morgan fingerprint density at radius 2 is 1.58 bits per heavy atom. The van der Waals surface area contributed by atoms with Crippen molar-refractivity contribution in [1.82, 2.24) is 9.71 Å². The van der Waals surface area contributed by atoms with Gasteiger partial charge in [-0.2, -0.15) is 4.72 Å². The summed E-state index contributed by atoms with van der Waals surface area (Å²) in [4.78, 5) is 15.2. The third-order valence-electron chi connectivity index (χ3n) is 5.90. The summed E-state index contributed by atoms with van der Waals surface area (Å²) in [6.45, 7) is 6.68. The Hall–Kier alpha value is -1.06. The van der Waals surface area contributed by atoms with Crippen LogP contribution in [0.15, 0.2) is 23.1 Å². The van der Waals surface area contributed by atoms with Crippen LogP contribution < -0.4 is 4.72 Å². The minimum Gasteiger partial charge on any atom is -0.242 e. The highest BCUT2D eigenvalue weighted by Gasteiger charge is 2.16. The standard InChI is InChI=1S/C25H42N2O4S2/c1-4-6-8-10-11-13-15-22(14-12-9-7-5-2)19-30-31-20-26-33(28,29)23-16-17-24-25(18-23)32-21(3)27-24/h16-18,22,26H,4-15,19-20H2,1-3H3. The van der Waals surface area contributed by atoms with E-state index in [9.17, 15) is 8.42 Å². The number of aromatic nitrogens is 1. The number of aryl methyl sites for hydroxylation is 1. The van der Waals surface area contributed by atoms with Crippen molar-refractivity contribution < 1.29 is 18.2 Å². The maximum absolute atomic E-state index is 12.6. The molecule has 0 aliphatic carbocycles. The third-order valence-corrected chi connectivity index (χ3v) is 8.21. The molecule has 0 saturated carbocycles. The van der Waals surface area contributed by atoms with Gasteiger partial charge in [0.05, 0.1) is 26.7 Å². The minimum absolute atomic E-state index is 0.207. The van der Waals surface area contributed by atoms with Crippen LogP contribution in [0.1, 0.15) is 95.9 Å². The fraction of sp³-hybridized carbons (Fsp3) is 0.720. The molecule has 1 aromatic heterocycles. The van der Waals surface area contributed by atoms with E-state index in [1.165, 1.54) is 75.5 Å². The fourth-order valence-electron chi connectivity index (χ4n) is 3.94. The molecule has 33 heavy (non-hydrogen) atoms. The van der Waals surface area contributed by atoms with Crippen molar-refractivity contribution in [3.8, 4) is 0 Å². The van der Waals surface area contributed by atoms with E-state index in [1.807, 2.05) is 6.92 Å². The predicted molar refractivity (Wildman–Crippen MR) is 137 cm³/mol. The van der Waals surface area contributed by atoms with Crippen LogP contribution in [0.3, 0.4) is 0 Å². The molecular weight excluding hydrogens is 456 g/mol. The molecule has 0 amide bonds. The summed E-state index contributed by atoms with van der Waals surface area (Å²) < 4.78 is 28.5. The SMILES string of the molecule is CCCCCCCCC(CCCCCC)COOCNS(=O)(=O)c1ccc2nc(C)sc2c1. The second kappa shape index (κ2) is 15.8. The van der Waals surface area contributed by atoms with Crippen LogP contribution in [-0.4, -0.2) is 26.7 Å². The molecule has 0 radical (unpaired) electrons. The summed E-state index contributed by atoms with van der Waals surface area (Å²) >= 11 is 1.48. The summed E-state index contributed by atoms with van der Waals surface area (Å²) in [7, 11) is -3.67. The average molecular weight is 499 g/mol. The number of fused-ring (bicyclic) bond motifs is 1. The minimum atomic E-state index is -3.67. The first-order valence-electron chi connectivity index (χ1n) is 12.6. The molecule has 8 heteroatoms. The number of hydrogen-bond donors (Lipinski definition) is 1. The maximum Gasteiger partial charge on any atom is 0.242 e. The predicted octanol–water partition coefficient (Wildman–Crippen LogP) is 7.13. The van der Waals surface area contributed by atoms with E-state index in [2.05, 4.69) is 23.6 Å². The van der Waals surface area contributed by atoms with Gasteiger partial charge >= 0.3 is 0 Å². The highest BCUT2D eigenvalue weighted by molar-refractivity contribution is 7.89. The van der Waals surface area contributed by atoms with Crippen LogP contribution in [0.5, 0.6) is 0 Å². The summed E-state index contributed by atoms with van der Waals surface area (Å²) in [6, 6.07) is 4.95. The van der Waals surface area contributed by atoms with Gasteiger partial charge in [0.2, 0.25) is 10.0 Å². The Balaban J connectivity index is 1.72. The first-order chi connectivity index (χ1) is 16.0. The molecule has 0 aliphatic rings. The highest BCUT2D eigenvalue weighted by atomic mass is 32.2. The normalized spacial score (nSPS) is 13.1. The maximum atomic E-state index is 12.6. The van der Waals surface area contributed by atoms with E-state index in [-0.39, 0.29) is 11.6 Å². The topological polar surface area (TPSA) is 77.5 Å². The van der Waals surface area contributed by atoms with Crippen molar-refractivity contribution in [1.29, 1.82) is 0 Å². The largest absolute Gasteiger partial charge is 0.242 e. The lowest BCUT2D eigenvalue weighted by molar-refractivity contribution is -0.303. The van der Waals surface area contributed by atoms with E-state index in [0.29, 0.717) is 12.5 Å². The van der Waals surface area contributed by atoms with Gasteiger partial charge in [-0.15, -0.1) is 11.3 Å². The first-order valence-corrected chi connectivity index (χ1v) is 14.9. The van der Waals surface area contributed by atoms with Crippen molar-refractivity contribution in [3.63, 3.8) is 0 Å². The Labute approximate surface area is 204 Å². The van der Waals surface area contributed by atoms with E-state index in [4.69, 9.17) is 9.78 Å². The van der Waals surface area contributed by atoms with Crippen LogP contribution >= 0.6 is 11.3 Å². The second-order valence-corrected chi connectivity index (χ2v) is 11.8. The number of unbranched alkanes of at least 4 members (excludes halogenated alkanes) is 8. The molecule has 2 rings (SSSR count). The summed E-state index contributed by atoms with van der Waals surface area (Å²) in [5, 5.41) is 0.912. The van der Waals surface area contributed by atoms with Gasteiger partial charge in [0.1, 0.15) is 6.73 Å². The van der Waals surface area contributed by atoms with Gasteiger partial charge in [-0.05, 0) is 43.9 Å². The zero-order chi connectivity index (χ0) is 23.9. The van der Waals surface area contributed by atoms with Crippen molar-refractivity contribution >= 4 is 31.6 Å². The molecule has 1 heterocycles. The van der Waals surface area contributed by atoms with Crippen LogP contribution in [0, 0.1) is 12.8 Å². The van der Waals surface area contributed by atoms with E-state index in [0.717, 1.165) is 28.1 Å². The number of rotatable bonds is 19. The summed E-state index contributed by atoms with van der Waals surface area (Å²) in [5.41, 5.74) is 0.811. The van der Waals surface area contributed by atoms with Gasteiger partial charge in [-0.1, -0.05) is 78.1 Å². The number of hydrogen-bond acceptors (Lipinski definition) is 6. The lowest BCUT2D eigenvalue weighted by atomic mass is 9.95. The molecule has 0 fully saturated rings. The van der Waals surface area contributed by atoms with Crippen molar-refractivity contribution in [3.05, 3.63) is 23.2 Å². The smallest absolute Gasteiger partial charge is 0.242 e. The molecule has 188 valence electrons. The molecule has 1 atom stereocenters. The number of nitrogens with zero attached hydrogens (tertiary/aromatic N) is 1. The van der Waals surface area contributed by atoms with Crippen molar-refractivity contribution in [2.24, 2.45) is 5.92 Å². The van der Waals surface area contributed by atoms with Gasteiger partial charge < -0.3 is 0 Å². The van der Waals surface area contributed by atoms with E-state index in [1.54, 1.807) is 18.2 Å². The quantitative estimate of drug-likeness (QED) is 0.0965. The van der Waals surface area contributed by atoms with Crippen molar-refractivity contribution in [2.45, 2.75) is 103 Å². The molecule has 0 saturated heterocycles. The van der Waals surface area contributed by atoms with Gasteiger partial charge in [0, 0.05) is 0 Å². The zero-order valence-electron chi connectivity index (χ0n) is 20.6. The Morgan fingerprint density at radius 1 is 0.939 bits per heavy atom. The molecule has 0 spiro atoms. The third kappa shape index (κ3) is 10.8. The number of thiazole rings is 1. The monoisotopic (exact) mass is 498 g/mol. The average Bonchev–Trinajstić information content (AvgIpc) is 3.17. The van der Waals surface area contributed by atoms with E-state index >= 15 is 0 Å². The van der Waals surface area contributed by atoms with E-state index < -0.39 is 10.0 Å². The molecule has 0 bridgehead atoms. The lowest BCUT2D eigenvalue weighted by Crippen LogP contribution is -2.27. The Kier molecular flexibility index (Phi) is 13.5. The van der Waals surface area contributed by atoms with Gasteiger partial charge in [-0.3, -0.25) is 0 Å². The first kappa shape index (κ1) is 28.2. The summed E-state index contributed by atoms with van der Waals surface area (Å²) in [5.74, 6) is 0.460. The molecule has 1 unspecified atom stereocenters. The van der Waals surface area contributed by atoms with Crippen LogP contribution in [0.25, 0.3) is 10.2 Å². The highest BCUT2D eigenvalue weighted by Crippen LogP contribution is 2.24. The van der Waals surface area contributed by atoms with Gasteiger partial charge in [-0.25, -0.2) is 23.2 Å². The van der Waals surface area contributed by atoms with Crippen molar-refractivity contribution in [2.75, 3.05) is 13.3 Å². The Morgan fingerprint density at radius 3 is 2.27 bits per heavy atom. The van der Waals surface area contributed by atoms with Crippen LogP contribution in [-0.2, 0) is 19.8 Å². The molecular formula is C25H42N2O4S2. The fourth-order valence-corrected chi connectivity index (χ4v) is 5.77. The number of nitrogens with one attached hydrogen (secondary N) is 1. The molecule has 6 nitrogen and oxygen atoms in total. The molecule has 1 aromatic carbocycles. The molecule has 2 aromatic rings. The second-order valence-electron chi connectivity index (χ2n) is 8.83. The zero-order valence-corrected chi connectivity index (χ0v) is 22.2. The lowest BCUT2D eigenvalue weighted by Gasteiger charge is -2.16. The molecule has 0 aliphatic heterocycles. The number of sulfonamides is 1. The van der Waals surface area contributed by atoms with Crippen LogP contribution in [0.2, 0.25) is 0 Å². The Bertz CT molecular complexity index is 899.